The average molecular weight is 367 g/mol. The molecular formula is C22H16F3NO. The van der Waals surface area contributed by atoms with E-state index in [0.717, 1.165) is 23.3 Å². The maximum absolute atomic E-state index is 14.6. The molecule has 0 N–H and O–H groups in total. The molecule has 3 aromatic carbocycles. The molecule has 0 spiro atoms. The van der Waals surface area contributed by atoms with E-state index in [1.807, 2.05) is 24.3 Å². The van der Waals surface area contributed by atoms with Crippen molar-refractivity contribution in [3.8, 4) is 0 Å². The van der Waals surface area contributed by atoms with Crippen molar-refractivity contribution in [3.63, 3.8) is 0 Å². The minimum atomic E-state index is -1.08. The van der Waals surface area contributed by atoms with Gasteiger partial charge in [0.15, 0.2) is 11.6 Å². The second-order valence-corrected chi connectivity index (χ2v) is 6.50. The Labute approximate surface area is 154 Å². The maximum atomic E-state index is 14.6. The number of hydrogen-bond acceptors (Lipinski definition) is 1. The van der Waals surface area contributed by atoms with Crippen LogP contribution in [-0.2, 0) is 6.42 Å². The van der Waals surface area contributed by atoms with E-state index in [0.29, 0.717) is 18.5 Å². The Morgan fingerprint density at radius 2 is 1.52 bits per heavy atom. The van der Waals surface area contributed by atoms with E-state index in [1.54, 1.807) is 18.2 Å². The first kappa shape index (κ1) is 17.3. The number of fused-ring (bicyclic) bond motifs is 1. The van der Waals surface area contributed by atoms with Gasteiger partial charge in [-0.25, -0.2) is 13.2 Å². The minimum absolute atomic E-state index is 0.0367. The van der Waals surface area contributed by atoms with Crippen LogP contribution in [0.3, 0.4) is 0 Å². The summed E-state index contributed by atoms with van der Waals surface area (Å²) >= 11 is 0. The Kier molecular flexibility index (Phi) is 4.44. The molecule has 27 heavy (non-hydrogen) atoms. The molecular weight excluding hydrogens is 351 g/mol. The predicted octanol–water partition coefficient (Wildman–Crippen LogP) is 4.89. The van der Waals surface area contributed by atoms with Gasteiger partial charge in [-0.15, -0.1) is 0 Å². The van der Waals surface area contributed by atoms with Crippen LogP contribution in [0.15, 0.2) is 66.7 Å². The Bertz CT molecular complexity index is 1020. The van der Waals surface area contributed by atoms with E-state index >= 15 is 0 Å². The van der Waals surface area contributed by atoms with E-state index in [4.69, 9.17) is 0 Å². The SMILES string of the molecule is O=C(c1ccc(F)c(F)c1)N1CCc2ccccc2C1c1ccccc1F. The fourth-order valence-electron chi connectivity index (χ4n) is 3.61. The van der Waals surface area contributed by atoms with Crippen LogP contribution in [0.2, 0.25) is 0 Å². The number of nitrogens with zero attached hydrogens (tertiary/aromatic N) is 1. The number of rotatable bonds is 2. The van der Waals surface area contributed by atoms with Crippen molar-refractivity contribution < 1.29 is 18.0 Å². The van der Waals surface area contributed by atoms with Crippen molar-refractivity contribution in [2.45, 2.75) is 12.5 Å². The third-order valence-electron chi connectivity index (χ3n) is 4.91. The number of carbonyl (C=O) groups is 1. The summed E-state index contributed by atoms with van der Waals surface area (Å²) in [5.74, 6) is -2.97. The Morgan fingerprint density at radius 1 is 0.815 bits per heavy atom. The molecule has 136 valence electrons. The first-order valence-electron chi connectivity index (χ1n) is 8.64. The number of halogens is 3. The van der Waals surface area contributed by atoms with Gasteiger partial charge in [-0.05, 0) is 41.8 Å². The van der Waals surface area contributed by atoms with Gasteiger partial charge in [-0.1, -0.05) is 42.5 Å². The predicted molar refractivity (Wildman–Crippen MR) is 95.8 cm³/mol. The first-order valence-corrected chi connectivity index (χ1v) is 8.64. The molecule has 0 saturated carbocycles. The Balaban J connectivity index is 1.82. The zero-order valence-electron chi connectivity index (χ0n) is 14.3. The topological polar surface area (TPSA) is 20.3 Å². The maximum Gasteiger partial charge on any atom is 0.254 e. The van der Waals surface area contributed by atoms with Gasteiger partial charge < -0.3 is 4.90 Å². The standard InChI is InChI=1S/C22H16F3NO/c23-18-8-4-3-7-17(18)21-16-6-2-1-5-14(16)11-12-26(21)22(27)15-9-10-19(24)20(25)13-15/h1-10,13,21H,11-12H2. The van der Waals surface area contributed by atoms with Crippen molar-refractivity contribution >= 4 is 5.91 Å². The minimum Gasteiger partial charge on any atom is -0.327 e. The summed E-state index contributed by atoms with van der Waals surface area (Å²) in [6, 6.07) is 16.3. The largest absolute Gasteiger partial charge is 0.327 e. The molecule has 0 saturated heterocycles. The third kappa shape index (κ3) is 3.10. The first-order chi connectivity index (χ1) is 13.1. The van der Waals surface area contributed by atoms with Gasteiger partial charge in [0.05, 0.1) is 6.04 Å². The molecule has 1 aliphatic heterocycles. The second-order valence-electron chi connectivity index (χ2n) is 6.50. The van der Waals surface area contributed by atoms with Crippen molar-refractivity contribution in [1.82, 2.24) is 4.90 Å². The summed E-state index contributed by atoms with van der Waals surface area (Å²) in [7, 11) is 0. The number of benzene rings is 3. The average Bonchev–Trinajstić information content (AvgIpc) is 2.69. The summed E-state index contributed by atoms with van der Waals surface area (Å²) in [6.07, 6.45) is 0.608. The molecule has 0 bridgehead atoms. The molecule has 5 heteroatoms. The summed E-state index contributed by atoms with van der Waals surface area (Å²) in [6.45, 7) is 0.355. The van der Waals surface area contributed by atoms with Gasteiger partial charge in [0.2, 0.25) is 0 Å². The van der Waals surface area contributed by atoms with Gasteiger partial charge in [0, 0.05) is 17.7 Å². The molecule has 1 amide bonds. The molecule has 0 aliphatic carbocycles. The molecule has 2 nitrogen and oxygen atoms in total. The van der Waals surface area contributed by atoms with Crippen LogP contribution in [-0.4, -0.2) is 17.4 Å². The van der Waals surface area contributed by atoms with E-state index in [9.17, 15) is 18.0 Å². The number of carbonyl (C=O) groups excluding carboxylic acids is 1. The highest BCUT2D eigenvalue weighted by Crippen LogP contribution is 2.37. The number of hydrogen-bond donors (Lipinski definition) is 0. The smallest absolute Gasteiger partial charge is 0.254 e. The summed E-state index contributed by atoms with van der Waals surface area (Å²) < 4.78 is 41.4. The van der Waals surface area contributed by atoms with Crippen LogP contribution in [0, 0.1) is 17.5 Å². The lowest BCUT2D eigenvalue weighted by Gasteiger charge is -2.38. The monoisotopic (exact) mass is 367 g/mol. The van der Waals surface area contributed by atoms with Crippen molar-refractivity contribution in [2.75, 3.05) is 6.54 Å². The van der Waals surface area contributed by atoms with Crippen LogP contribution in [0.4, 0.5) is 13.2 Å². The molecule has 4 rings (SSSR count). The van der Waals surface area contributed by atoms with Gasteiger partial charge in [0.1, 0.15) is 5.82 Å². The molecule has 3 aromatic rings. The van der Waals surface area contributed by atoms with Crippen LogP contribution in [0.1, 0.15) is 33.1 Å². The van der Waals surface area contributed by atoms with E-state index in [2.05, 4.69) is 0 Å². The van der Waals surface area contributed by atoms with E-state index in [1.165, 1.54) is 17.0 Å². The highest BCUT2D eigenvalue weighted by Gasteiger charge is 2.34. The Morgan fingerprint density at radius 3 is 2.26 bits per heavy atom. The zero-order valence-corrected chi connectivity index (χ0v) is 14.3. The lowest BCUT2D eigenvalue weighted by molar-refractivity contribution is 0.0691. The summed E-state index contributed by atoms with van der Waals surface area (Å²) in [5.41, 5.74) is 2.29. The van der Waals surface area contributed by atoms with Crippen molar-refractivity contribution in [1.29, 1.82) is 0 Å². The summed E-state index contributed by atoms with van der Waals surface area (Å²) in [4.78, 5) is 14.6. The van der Waals surface area contributed by atoms with Crippen LogP contribution in [0.5, 0.6) is 0 Å². The number of amides is 1. The van der Waals surface area contributed by atoms with Crippen molar-refractivity contribution in [2.24, 2.45) is 0 Å². The quantitative estimate of drug-likeness (QED) is 0.631. The molecule has 0 aromatic heterocycles. The van der Waals surface area contributed by atoms with E-state index < -0.39 is 29.4 Å². The fraction of sp³-hybridized carbons (Fsp3) is 0.136. The molecule has 0 radical (unpaired) electrons. The molecule has 0 fully saturated rings. The second kappa shape index (κ2) is 6.91. The molecule has 1 aliphatic rings. The van der Waals surface area contributed by atoms with Crippen molar-refractivity contribution in [3.05, 3.63) is 106 Å². The molecule has 1 atom stereocenters. The zero-order chi connectivity index (χ0) is 19.0. The highest BCUT2D eigenvalue weighted by atomic mass is 19.2. The lowest BCUT2D eigenvalue weighted by atomic mass is 9.87. The normalized spacial score (nSPS) is 16.1. The Hall–Kier alpha value is -3.08. The van der Waals surface area contributed by atoms with Gasteiger partial charge in [-0.2, -0.15) is 0 Å². The molecule has 1 heterocycles. The van der Waals surface area contributed by atoms with Gasteiger partial charge in [0.25, 0.3) is 5.91 Å². The molecule has 1 unspecified atom stereocenters. The highest BCUT2D eigenvalue weighted by molar-refractivity contribution is 5.95. The fourth-order valence-corrected chi connectivity index (χ4v) is 3.61. The van der Waals surface area contributed by atoms with Gasteiger partial charge in [-0.3, -0.25) is 4.79 Å². The third-order valence-corrected chi connectivity index (χ3v) is 4.91. The van der Waals surface area contributed by atoms with E-state index in [-0.39, 0.29) is 5.56 Å². The lowest BCUT2D eigenvalue weighted by Crippen LogP contribution is -2.41. The summed E-state index contributed by atoms with van der Waals surface area (Å²) in [5, 5.41) is 0. The van der Waals surface area contributed by atoms with Gasteiger partial charge >= 0.3 is 0 Å². The van der Waals surface area contributed by atoms with Crippen LogP contribution < -0.4 is 0 Å². The van der Waals surface area contributed by atoms with Crippen LogP contribution in [0.25, 0.3) is 0 Å². The van der Waals surface area contributed by atoms with Crippen LogP contribution >= 0.6 is 0 Å².